The van der Waals surface area contributed by atoms with Crippen molar-refractivity contribution in [3.63, 3.8) is 0 Å². The van der Waals surface area contributed by atoms with E-state index in [4.69, 9.17) is 5.84 Å². The minimum absolute atomic E-state index is 0.0971. The highest BCUT2D eigenvalue weighted by Crippen LogP contribution is 2.10. The Hall–Kier alpha value is -4.41. The van der Waals surface area contributed by atoms with Crippen LogP contribution in [0.1, 0.15) is 43.2 Å². The van der Waals surface area contributed by atoms with Gasteiger partial charge in [-0.15, -0.1) is 5.10 Å². The average molecular weight is 467 g/mol. The van der Waals surface area contributed by atoms with Crippen molar-refractivity contribution in [2.45, 2.75) is 26.9 Å². The molecule has 0 radical (unpaired) electrons. The zero-order valence-electron chi connectivity index (χ0n) is 18.6. The second kappa shape index (κ2) is 10.5. The van der Waals surface area contributed by atoms with Gasteiger partial charge in [0.05, 0.1) is 0 Å². The minimum atomic E-state index is -0.615. The van der Waals surface area contributed by atoms with Crippen molar-refractivity contribution in [3.8, 4) is 0 Å². The maximum atomic E-state index is 13.5. The molecule has 0 spiro atoms. The zero-order valence-corrected chi connectivity index (χ0v) is 18.6. The number of carbonyl (C=O) groups excluding carboxylic acids is 2. The largest absolute Gasteiger partial charge is 0.347 e. The summed E-state index contributed by atoms with van der Waals surface area (Å²) in [6.07, 6.45) is 0. The number of aryl methyl sites for hydroxylation is 2. The fourth-order valence-corrected chi connectivity index (χ4v) is 3.11. The molecule has 3 rings (SSSR count). The first-order valence-electron chi connectivity index (χ1n) is 10.1. The van der Waals surface area contributed by atoms with E-state index < -0.39 is 11.8 Å². The van der Waals surface area contributed by atoms with Crippen molar-refractivity contribution in [2.24, 2.45) is 10.2 Å². The van der Waals surface area contributed by atoms with Crippen LogP contribution >= 0.6 is 0 Å². The molecule has 0 saturated carbocycles. The van der Waals surface area contributed by atoms with Gasteiger partial charge in [-0.3, -0.25) is 9.59 Å². The zero-order chi connectivity index (χ0) is 24.8. The van der Waals surface area contributed by atoms with Gasteiger partial charge >= 0.3 is 0 Å². The first kappa shape index (κ1) is 24.2. The highest BCUT2D eigenvalue weighted by atomic mass is 19.1. The fraction of sp³-hybridized carbons (Fsp3) is 0.174. The van der Waals surface area contributed by atoms with E-state index in [1.807, 2.05) is 0 Å². The summed E-state index contributed by atoms with van der Waals surface area (Å²) in [6, 6.07) is 10.1. The number of halogens is 2. The Bertz CT molecular complexity index is 1340. The molecule has 11 heteroatoms. The van der Waals surface area contributed by atoms with Crippen LogP contribution in [0, 0.1) is 25.5 Å². The second-order valence-electron chi connectivity index (χ2n) is 7.47. The summed E-state index contributed by atoms with van der Waals surface area (Å²) < 4.78 is 27.8. The van der Waals surface area contributed by atoms with Crippen LogP contribution in [0.3, 0.4) is 0 Å². The molecule has 34 heavy (non-hydrogen) atoms. The molecule has 9 nitrogen and oxygen atoms in total. The highest BCUT2D eigenvalue weighted by Gasteiger charge is 2.17. The molecule has 1 heterocycles. The molecule has 176 valence electrons. The summed E-state index contributed by atoms with van der Waals surface area (Å²) in [5.74, 6) is 4.03. The van der Waals surface area contributed by atoms with Gasteiger partial charge in [0, 0.05) is 25.9 Å². The molecule has 2 aromatic carbocycles. The number of amides is 2. The second-order valence-corrected chi connectivity index (χ2v) is 7.47. The number of carbonyl (C=O) groups is 2. The van der Waals surface area contributed by atoms with Crippen molar-refractivity contribution in [1.29, 1.82) is 0 Å². The number of nitrogens with one attached hydrogen (secondary N) is 2. The van der Waals surface area contributed by atoms with Crippen LogP contribution in [-0.2, 0) is 13.1 Å². The SMILES string of the molecule is C=N/N=c1/nc(C(=O)NCc2ccc(F)c(C)c2)cc(C(=O)NCc2ccc(F)c(C)c2)n1N. The lowest BCUT2D eigenvalue weighted by Crippen LogP contribution is -2.40. The van der Waals surface area contributed by atoms with Gasteiger partial charge in [-0.25, -0.2) is 18.4 Å². The number of hydrogen-bond donors (Lipinski definition) is 3. The molecule has 0 atom stereocenters. The van der Waals surface area contributed by atoms with Gasteiger partial charge in [-0.2, -0.15) is 5.10 Å². The lowest BCUT2D eigenvalue weighted by atomic mass is 10.1. The van der Waals surface area contributed by atoms with Gasteiger partial charge in [0.15, 0.2) is 0 Å². The van der Waals surface area contributed by atoms with Crippen LogP contribution in [0.5, 0.6) is 0 Å². The summed E-state index contributed by atoms with van der Waals surface area (Å²) in [5.41, 5.74) is 1.78. The standard InChI is InChI=1S/C23H23F2N7O2/c1-13-8-15(4-6-17(13)24)11-28-21(33)19-10-20(32(26)23(30-19)31-27-3)22(34)29-12-16-5-7-18(25)14(2)9-16/h4-10H,3,11-12,26H2,1-2H3,(H,28,33)(H,29,34)/b31-23-. The van der Waals surface area contributed by atoms with Gasteiger partial charge in [0.25, 0.3) is 17.4 Å². The predicted molar refractivity (Wildman–Crippen MR) is 122 cm³/mol. The smallest absolute Gasteiger partial charge is 0.270 e. The lowest BCUT2D eigenvalue weighted by molar-refractivity contribution is 0.0940. The molecule has 0 fully saturated rings. The van der Waals surface area contributed by atoms with Gasteiger partial charge in [0.1, 0.15) is 23.0 Å². The maximum Gasteiger partial charge on any atom is 0.270 e. The van der Waals surface area contributed by atoms with Crippen LogP contribution in [0.25, 0.3) is 0 Å². The molecule has 0 aliphatic rings. The molecule has 0 saturated heterocycles. The van der Waals surface area contributed by atoms with Crippen molar-refractivity contribution < 1.29 is 18.4 Å². The highest BCUT2D eigenvalue weighted by molar-refractivity contribution is 5.97. The normalized spacial score (nSPS) is 11.2. The van der Waals surface area contributed by atoms with E-state index in [-0.39, 0.29) is 41.7 Å². The van der Waals surface area contributed by atoms with Crippen molar-refractivity contribution in [1.82, 2.24) is 20.3 Å². The first-order chi connectivity index (χ1) is 16.2. The van der Waals surface area contributed by atoms with E-state index in [1.165, 1.54) is 18.2 Å². The molecule has 2 amide bonds. The molecule has 0 aliphatic heterocycles. The third-order valence-corrected chi connectivity index (χ3v) is 4.95. The Morgan fingerprint density at radius 3 is 2.00 bits per heavy atom. The number of benzene rings is 2. The summed E-state index contributed by atoms with van der Waals surface area (Å²) in [7, 11) is 0. The molecule has 4 N–H and O–H groups in total. The summed E-state index contributed by atoms with van der Waals surface area (Å²) in [6.45, 7) is 6.68. The summed E-state index contributed by atoms with van der Waals surface area (Å²) >= 11 is 0. The molecule has 0 aliphatic carbocycles. The predicted octanol–water partition coefficient (Wildman–Crippen LogP) is 1.87. The summed E-state index contributed by atoms with van der Waals surface area (Å²) in [4.78, 5) is 29.5. The molecule has 0 bridgehead atoms. The average Bonchev–Trinajstić information content (AvgIpc) is 2.81. The molecule has 3 aromatic rings. The Morgan fingerprint density at radius 1 is 0.971 bits per heavy atom. The molecule has 1 aromatic heterocycles. The van der Waals surface area contributed by atoms with Gasteiger partial charge in [-0.05, 0) is 48.2 Å². The topological polar surface area (TPSA) is 127 Å². The van der Waals surface area contributed by atoms with Crippen LogP contribution in [0.15, 0.2) is 52.7 Å². The maximum absolute atomic E-state index is 13.5. The number of nitrogens with two attached hydrogens (primary N) is 1. The summed E-state index contributed by atoms with van der Waals surface area (Å²) in [5, 5.41) is 12.4. The quantitative estimate of drug-likeness (QED) is 0.279. The number of rotatable bonds is 7. The first-order valence-corrected chi connectivity index (χ1v) is 10.1. The van der Waals surface area contributed by atoms with Crippen molar-refractivity contribution in [3.05, 3.63) is 93.4 Å². The Kier molecular flexibility index (Phi) is 7.46. The number of nitrogens with zero attached hydrogens (tertiary/aromatic N) is 4. The molecular formula is C23H23F2N7O2. The monoisotopic (exact) mass is 467 g/mol. The van der Waals surface area contributed by atoms with E-state index in [9.17, 15) is 18.4 Å². The molecular weight excluding hydrogens is 444 g/mol. The Labute approximate surface area is 194 Å². The van der Waals surface area contributed by atoms with Crippen LogP contribution < -0.4 is 22.1 Å². The van der Waals surface area contributed by atoms with Crippen molar-refractivity contribution >= 4 is 18.5 Å². The van der Waals surface area contributed by atoms with Crippen LogP contribution in [0.2, 0.25) is 0 Å². The Balaban J connectivity index is 1.82. The van der Waals surface area contributed by atoms with Gasteiger partial charge in [-0.1, -0.05) is 24.3 Å². The minimum Gasteiger partial charge on any atom is -0.347 e. The van der Waals surface area contributed by atoms with Crippen LogP contribution in [-0.4, -0.2) is 28.2 Å². The third kappa shape index (κ3) is 5.68. The number of hydrogen-bond acceptors (Lipinski definition) is 6. The fourth-order valence-electron chi connectivity index (χ4n) is 3.11. The van der Waals surface area contributed by atoms with E-state index in [2.05, 4.69) is 32.5 Å². The van der Waals surface area contributed by atoms with Crippen LogP contribution in [0.4, 0.5) is 8.78 Å². The number of aromatic nitrogens is 2. The van der Waals surface area contributed by atoms with E-state index in [0.717, 1.165) is 4.68 Å². The lowest BCUT2D eigenvalue weighted by Gasteiger charge is -2.12. The van der Waals surface area contributed by atoms with E-state index in [1.54, 1.807) is 38.1 Å². The van der Waals surface area contributed by atoms with E-state index >= 15 is 0 Å². The molecule has 0 unspecified atom stereocenters. The van der Waals surface area contributed by atoms with Gasteiger partial charge in [0.2, 0.25) is 0 Å². The Morgan fingerprint density at radius 2 is 1.50 bits per heavy atom. The third-order valence-electron chi connectivity index (χ3n) is 4.95. The number of nitrogen functional groups attached to an aromatic ring is 1. The van der Waals surface area contributed by atoms with Crippen molar-refractivity contribution in [2.75, 3.05) is 5.84 Å². The van der Waals surface area contributed by atoms with E-state index in [0.29, 0.717) is 22.3 Å². The van der Waals surface area contributed by atoms with Gasteiger partial charge < -0.3 is 16.5 Å².